The van der Waals surface area contributed by atoms with Gasteiger partial charge in [0.1, 0.15) is 11.3 Å². The minimum absolute atomic E-state index is 0.0697. The molecule has 0 radical (unpaired) electrons. The summed E-state index contributed by atoms with van der Waals surface area (Å²) in [7, 11) is 1.55. The lowest BCUT2D eigenvalue weighted by molar-refractivity contribution is -0.131. The summed E-state index contributed by atoms with van der Waals surface area (Å²) in [5, 5.41) is 3.66. The largest absolute Gasteiger partial charge is 0.497 e. The van der Waals surface area contributed by atoms with Crippen molar-refractivity contribution >= 4 is 35.1 Å². The summed E-state index contributed by atoms with van der Waals surface area (Å²) in [4.78, 5) is 26.5. The second kappa shape index (κ2) is 6.58. The number of methoxy groups -OCH3 is 1. The van der Waals surface area contributed by atoms with Crippen LogP contribution in [0.4, 0.5) is 4.79 Å². The van der Waals surface area contributed by atoms with Gasteiger partial charge in [-0.3, -0.25) is 9.69 Å². The number of amides is 3. The zero-order valence-electron chi connectivity index (χ0n) is 13.7. The SMILES string of the molecule is COc1cccc([C@@]2(C)NC(=O)N(Cc3ccc(Cl)cc3Cl)C2=O)c1. The van der Waals surface area contributed by atoms with Gasteiger partial charge in [-0.05, 0) is 42.3 Å². The third-order valence-electron chi connectivity index (χ3n) is 4.27. The number of hydrogen-bond acceptors (Lipinski definition) is 3. The lowest BCUT2D eigenvalue weighted by atomic mass is 9.92. The molecule has 0 spiro atoms. The molecule has 130 valence electrons. The van der Waals surface area contributed by atoms with Crippen molar-refractivity contribution in [1.82, 2.24) is 10.2 Å². The van der Waals surface area contributed by atoms with Gasteiger partial charge in [0.25, 0.3) is 5.91 Å². The van der Waals surface area contributed by atoms with Gasteiger partial charge in [-0.2, -0.15) is 0 Å². The maximum Gasteiger partial charge on any atom is 0.325 e. The van der Waals surface area contributed by atoms with Crippen LogP contribution >= 0.6 is 23.2 Å². The second-order valence-corrected chi connectivity index (χ2v) is 6.76. The summed E-state index contributed by atoms with van der Waals surface area (Å²) in [5.41, 5.74) is 0.129. The van der Waals surface area contributed by atoms with Gasteiger partial charge in [-0.25, -0.2) is 4.79 Å². The van der Waals surface area contributed by atoms with E-state index in [-0.39, 0.29) is 12.5 Å². The summed E-state index contributed by atoms with van der Waals surface area (Å²) in [6.45, 7) is 1.74. The summed E-state index contributed by atoms with van der Waals surface area (Å²) < 4.78 is 5.20. The number of halogens is 2. The Morgan fingerprint density at radius 1 is 1.16 bits per heavy atom. The molecule has 3 rings (SSSR count). The predicted molar refractivity (Wildman–Crippen MR) is 95.9 cm³/mol. The summed E-state index contributed by atoms with van der Waals surface area (Å²) in [5.74, 6) is 0.261. The van der Waals surface area contributed by atoms with E-state index < -0.39 is 11.6 Å². The molecule has 1 N–H and O–H groups in total. The Morgan fingerprint density at radius 3 is 2.60 bits per heavy atom. The lowest BCUT2D eigenvalue weighted by Crippen LogP contribution is -2.40. The molecule has 0 unspecified atom stereocenters. The minimum Gasteiger partial charge on any atom is -0.497 e. The van der Waals surface area contributed by atoms with Gasteiger partial charge in [0, 0.05) is 10.0 Å². The molecular weight excluding hydrogens is 363 g/mol. The summed E-state index contributed by atoms with van der Waals surface area (Å²) in [6.07, 6.45) is 0. The van der Waals surface area contributed by atoms with E-state index in [1.807, 2.05) is 0 Å². The smallest absolute Gasteiger partial charge is 0.325 e. The fraction of sp³-hybridized carbons (Fsp3) is 0.222. The van der Waals surface area contributed by atoms with Gasteiger partial charge in [-0.15, -0.1) is 0 Å². The van der Waals surface area contributed by atoms with E-state index in [9.17, 15) is 9.59 Å². The summed E-state index contributed by atoms with van der Waals surface area (Å²) >= 11 is 12.0. The van der Waals surface area contributed by atoms with Crippen LogP contribution < -0.4 is 10.1 Å². The molecule has 7 heteroatoms. The van der Waals surface area contributed by atoms with Crippen LogP contribution in [0.1, 0.15) is 18.1 Å². The van der Waals surface area contributed by atoms with E-state index in [4.69, 9.17) is 27.9 Å². The Morgan fingerprint density at radius 2 is 1.92 bits per heavy atom. The van der Waals surface area contributed by atoms with Gasteiger partial charge in [0.2, 0.25) is 0 Å². The molecule has 2 aromatic carbocycles. The Bertz CT molecular complexity index is 856. The van der Waals surface area contributed by atoms with Crippen molar-refractivity contribution in [3.8, 4) is 5.75 Å². The van der Waals surface area contributed by atoms with E-state index in [1.54, 1.807) is 56.5 Å². The van der Waals surface area contributed by atoms with Gasteiger partial charge < -0.3 is 10.1 Å². The van der Waals surface area contributed by atoms with Crippen LogP contribution in [0.2, 0.25) is 10.0 Å². The molecule has 2 aromatic rings. The lowest BCUT2D eigenvalue weighted by Gasteiger charge is -2.23. The van der Waals surface area contributed by atoms with Gasteiger partial charge >= 0.3 is 6.03 Å². The zero-order chi connectivity index (χ0) is 18.2. The first-order valence-electron chi connectivity index (χ1n) is 7.57. The topological polar surface area (TPSA) is 58.6 Å². The number of ether oxygens (including phenoxy) is 1. The fourth-order valence-corrected chi connectivity index (χ4v) is 3.26. The maximum atomic E-state index is 13.0. The molecule has 1 fully saturated rings. The number of nitrogens with one attached hydrogen (secondary N) is 1. The maximum absolute atomic E-state index is 13.0. The third kappa shape index (κ3) is 3.17. The Balaban J connectivity index is 1.91. The van der Waals surface area contributed by atoms with Gasteiger partial charge in [0.05, 0.1) is 13.7 Å². The number of nitrogens with zero attached hydrogens (tertiary/aromatic N) is 1. The van der Waals surface area contributed by atoms with Gasteiger partial charge in [0.15, 0.2) is 0 Å². The first-order chi connectivity index (χ1) is 11.8. The first-order valence-corrected chi connectivity index (χ1v) is 8.33. The average molecular weight is 379 g/mol. The normalized spacial score (nSPS) is 19.9. The quantitative estimate of drug-likeness (QED) is 0.818. The van der Waals surface area contributed by atoms with Crippen molar-refractivity contribution < 1.29 is 14.3 Å². The van der Waals surface area contributed by atoms with E-state index in [1.165, 1.54) is 0 Å². The number of carbonyl (C=O) groups is 2. The Hall–Kier alpha value is -2.24. The third-order valence-corrected chi connectivity index (χ3v) is 4.85. The van der Waals surface area contributed by atoms with E-state index in [0.717, 1.165) is 4.90 Å². The molecule has 3 amide bonds. The molecule has 5 nitrogen and oxygen atoms in total. The van der Waals surface area contributed by atoms with Crippen molar-refractivity contribution in [3.05, 3.63) is 63.6 Å². The highest BCUT2D eigenvalue weighted by Gasteiger charge is 2.49. The number of rotatable bonds is 4. The highest BCUT2D eigenvalue weighted by atomic mass is 35.5. The van der Waals surface area contributed by atoms with Crippen LogP contribution in [0.25, 0.3) is 0 Å². The van der Waals surface area contributed by atoms with Crippen molar-refractivity contribution in [2.24, 2.45) is 0 Å². The fourth-order valence-electron chi connectivity index (χ4n) is 2.79. The molecule has 1 aliphatic heterocycles. The Kier molecular flexibility index (Phi) is 4.62. The predicted octanol–water partition coefficient (Wildman–Crippen LogP) is 3.97. The molecule has 0 aromatic heterocycles. The van der Waals surface area contributed by atoms with Crippen LogP contribution in [0.5, 0.6) is 5.75 Å². The van der Waals surface area contributed by atoms with Crippen LogP contribution in [-0.4, -0.2) is 23.9 Å². The van der Waals surface area contributed by atoms with Crippen LogP contribution in [0, 0.1) is 0 Å². The van der Waals surface area contributed by atoms with E-state index in [2.05, 4.69) is 5.32 Å². The van der Waals surface area contributed by atoms with Crippen molar-refractivity contribution in [1.29, 1.82) is 0 Å². The number of imide groups is 1. The molecule has 0 aliphatic carbocycles. The highest BCUT2D eigenvalue weighted by Crippen LogP contribution is 2.32. The molecule has 0 saturated carbocycles. The van der Waals surface area contributed by atoms with Crippen LogP contribution in [0.15, 0.2) is 42.5 Å². The first kappa shape index (κ1) is 17.6. The Labute approximate surface area is 155 Å². The standard InChI is InChI=1S/C18H16Cl2N2O3/c1-18(12-4-3-5-14(8-12)25-2)16(23)22(17(24)21-18)10-11-6-7-13(19)9-15(11)20/h3-9H,10H2,1-2H3,(H,21,24)/t18-/m1/s1. The summed E-state index contributed by atoms with van der Waals surface area (Å²) in [6, 6.07) is 11.5. The van der Waals surface area contributed by atoms with Crippen molar-refractivity contribution in [2.75, 3.05) is 7.11 Å². The van der Waals surface area contributed by atoms with Crippen molar-refractivity contribution in [3.63, 3.8) is 0 Å². The minimum atomic E-state index is -1.16. The van der Waals surface area contributed by atoms with Gasteiger partial charge in [-0.1, -0.05) is 41.4 Å². The van der Waals surface area contributed by atoms with Crippen molar-refractivity contribution in [2.45, 2.75) is 19.0 Å². The molecule has 0 bridgehead atoms. The van der Waals surface area contributed by atoms with Crippen LogP contribution in [0.3, 0.4) is 0 Å². The molecular formula is C18H16Cl2N2O3. The highest BCUT2D eigenvalue weighted by molar-refractivity contribution is 6.35. The zero-order valence-corrected chi connectivity index (χ0v) is 15.2. The molecule has 1 saturated heterocycles. The molecule has 1 heterocycles. The van der Waals surface area contributed by atoms with E-state index in [0.29, 0.717) is 26.9 Å². The molecule has 25 heavy (non-hydrogen) atoms. The van der Waals surface area contributed by atoms with E-state index >= 15 is 0 Å². The van der Waals surface area contributed by atoms with Crippen LogP contribution in [-0.2, 0) is 16.9 Å². The second-order valence-electron chi connectivity index (χ2n) is 5.91. The monoisotopic (exact) mass is 378 g/mol. The number of carbonyl (C=O) groups excluding carboxylic acids is 2. The number of urea groups is 1. The molecule has 1 atom stereocenters. The number of benzene rings is 2. The number of hydrogen-bond donors (Lipinski definition) is 1. The molecule has 1 aliphatic rings. The average Bonchev–Trinajstić information content (AvgIpc) is 2.81.